The van der Waals surface area contributed by atoms with Gasteiger partial charge in [-0.15, -0.1) is 4.91 Å². The fourth-order valence-corrected chi connectivity index (χ4v) is 1.79. The van der Waals surface area contributed by atoms with Crippen LogP contribution in [0.5, 0.6) is 0 Å². The summed E-state index contributed by atoms with van der Waals surface area (Å²) in [5.41, 5.74) is 0.700. The number of imidazole rings is 1. The van der Waals surface area contributed by atoms with E-state index in [-0.39, 0.29) is 0 Å². The Morgan fingerprint density at radius 1 is 1.57 bits per heavy atom. The first-order valence-electron chi connectivity index (χ1n) is 4.77. The van der Waals surface area contributed by atoms with Crippen molar-refractivity contribution in [3.63, 3.8) is 0 Å². The summed E-state index contributed by atoms with van der Waals surface area (Å²) in [6, 6.07) is 0.317. The number of aromatic nitrogens is 2. The highest BCUT2D eigenvalue weighted by atomic mass is 16.5. The van der Waals surface area contributed by atoms with Crippen LogP contribution in [0.4, 0.5) is 5.82 Å². The fraction of sp³-hybridized carbons (Fsp3) is 0.667. The van der Waals surface area contributed by atoms with E-state index in [1.54, 1.807) is 13.3 Å². The largest absolute Gasteiger partial charge is 0.381 e. The van der Waals surface area contributed by atoms with Crippen LogP contribution in [0.25, 0.3) is 0 Å². The Morgan fingerprint density at radius 3 is 2.93 bits per heavy atom. The topological polar surface area (TPSA) is 56.5 Å². The molecule has 0 saturated carbocycles. The van der Waals surface area contributed by atoms with Crippen LogP contribution < -0.4 is 0 Å². The van der Waals surface area contributed by atoms with E-state index in [9.17, 15) is 4.91 Å². The van der Waals surface area contributed by atoms with Gasteiger partial charge >= 0.3 is 0 Å². The molecule has 0 N–H and O–H groups in total. The minimum atomic E-state index is 0.317. The molecule has 1 aromatic rings. The first-order valence-corrected chi connectivity index (χ1v) is 4.77. The third kappa shape index (κ3) is 1.55. The molecule has 0 unspecified atom stereocenters. The Kier molecular flexibility index (Phi) is 2.58. The minimum Gasteiger partial charge on any atom is -0.381 e. The summed E-state index contributed by atoms with van der Waals surface area (Å²) in [7, 11) is 0. The molecule has 5 heteroatoms. The van der Waals surface area contributed by atoms with Crippen LogP contribution in [0.2, 0.25) is 0 Å². The van der Waals surface area contributed by atoms with Crippen LogP contribution in [0, 0.1) is 11.8 Å². The molecule has 1 saturated heterocycles. The van der Waals surface area contributed by atoms with E-state index in [1.165, 1.54) is 0 Å². The zero-order chi connectivity index (χ0) is 9.97. The maximum atomic E-state index is 10.6. The third-order valence-corrected chi connectivity index (χ3v) is 2.61. The van der Waals surface area contributed by atoms with Crippen molar-refractivity contribution in [2.24, 2.45) is 5.18 Å². The Labute approximate surface area is 82.1 Å². The summed E-state index contributed by atoms with van der Waals surface area (Å²) in [6.07, 6.45) is 3.55. The lowest BCUT2D eigenvalue weighted by Gasteiger charge is -2.23. The fourth-order valence-electron chi connectivity index (χ4n) is 1.79. The Balaban J connectivity index is 2.25. The minimum absolute atomic E-state index is 0.317. The van der Waals surface area contributed by atoms with Gasteiger partial charge in [-0.05, 0) is 24.9 Å². The molecule has 5 nitrogen and oxygen atoms in total. The monoisotopic (exact) mass is 195 g/mol. The number of hydrogen-bond donors (Lipinski definition) is 0. The van der Waals surface area contributed by atoms with Crippen molar-refractivity contribution < 1.29 is 4.74 Å². The van der Waals surface area contributed by atoms with Gasteiger partial charge in [-0.1, -0.05) is 0 Å². The molecule has 1 aromatic heterocycles. The third-order valence-electron chi connectivity index (χ3n) is 2.61. The van der Waals surface area contributed by atoms with Crippen LogP contribution in [-0.4, -0.2) is 22.8 Å². The second kappa shape index (κ2) is 3.88. The summed E-state index contributed by atoms with van der Waals surface area (Å²) in [5.74, 6) is 0.455. The average Bonchev–Trinajstić information content (AvgIpc) is 2.61. The van der Waals surface area contributed by atoms with Gasteiger partial charge in [-0.2, -0.15) is 0 Å². The highest BCUT2D eigenvalue weighted by Crippen LogP contribution is 2.28. The van der Waals surface area contributed by atoms with E-state index in [0.717, 1.165) is 26.1 Å². The lowest BCUT2D eigenvalue weighted by atomic mass is 10.1. The molecule has 2 heterocycles. The molecular weight excluding hydrogens is 182 g/mol. The molecule has 2 rings (SSSR count). The van der Waals surface area contributed by atoms with E-state index >= 15 is 0 Å². The van der Waals surface area contributed by atoms with Gasteiger partial charge in [0.2, 0.25) is 0 Å². The predicted octanol–water partition coefficient (Wildman–Crippen LogP) is 1.94. The number of ether oxygens (including phenoxy) is 1. The Morgan fingerprint density at radius 2 is 2.29 bits per heavy atom. The van der Waals surface area contributed by atoms with Crippen LogP contribution in [0.3, 0.4) is 0 Å². The van der Waals surface area contributed by atoms with Gasteiger partial charge in [0.05, 0.1) is 12.0 Å². The molecule has 0 bridgehead atoms. The molecule has 0 spiro atoms. The average molecular weight is 195 g/mol. The van der Waals surface area contributed by atoms with Crippen LogP contribution >= 0.6 is 0 Å². The first-order chi connectivity index (χ1) is 6.83. The number of nitroso groups, excluding NO2 is 1. The van der Waals surface area contributed by atoms with Gasteiger partial charge in [0.15, 0.2) is 5.82 Å². The Hall–Kier alpha value is -1.23. The Bertz CT molecular complexity index is 329. The summed E-state index contributed by atoms with van der Waals surface area (Å²) < 4.78 is 7.12. The summed E-state index contributed by atoms with van der Waals surface area (Å²) in [6.45, 7) is 3.30. The highest BCUT2D eigenvalue weighted by Gasteiger charge is 2.19. The zero-order valence-electron chi connectivity index (χ0n) is 8.14. The molecule has 0 radical (unpaired) electrons. The van der Waals surface area contributed by atoms with Crippen molar-refractivity contribution in [2.75, 3.05) is 13.2 Å². The summed E-state index contributed by atoms with van der Waals surface area (Å²) in [5, 5.41) is 3.01. The van der Waals surface area contributed by atoms with Gasteiger partial charge in [0.1, 0.15) is 0 Å². The van der Waals surface area contributed by atoms with Crippen molar-refractivity contribution >= 4 is 5.82 Å². The maximum Gasteiger partial charge on any atom is 0.200 e. The maximum absolute atomic E-state index is 10.6. The molecule has 1 aliphatic heterocycles. The van der Waals surface area contributed by atoms with Crippen molar-refractivity contribution in [3.8, 4) is 0 Å². The second-order valence-corrected chi connectivity index (χ2v) is 3.50. The molecule has 1 fully saturated rings. The van der Waals surface area contributed by atoms with Crippen molar-refractivity contribution in [3.05, 3.63) is 16.9 Å². The number of aryl methyl sites for hydroxylation is 1. The summed E-state index contributed by atoms with van der Waals surface area (Å²) in [4.78, 5) is 14.7. The van der Waals surface area contributed by atoms with Gasteiger partial charge in [0, 0.05) is 19.3 Å². The van der Waals surface area contributed by atoms with Crippen molar-refractivity contribution in [1.82, 2.24) is 9.55 Å². The summed E-state index contributed by atoms with van der Waals surface area (Å²) >= 11 is 0. The SMILES string of the molecule is Cc1ncn(C2CCOCC2)c1N=O. The van der Waals surface area contributed by atoms with E-state index in [1.807, 2.05) is 4.57 Å². The number of nitrogens with zero attached hydrogens (tertiary/aromatic N) is 3. The smallest absolute Gasteiger partial charge is 0.200 e. The van der Waals surface area contributed by atoms with E-state index < -0.39 is 0 Å². The predicted molar refractivity (Wildman–Crippen MR) is 51.5 cm³/mol. The number of hydrogen-bond acceptors (Lipinski definition) is 4. The second-order valence-electron chi connectivity index (χ2n) is 3.50. The normalized spacial score (nSPS) is 18.4. The van der Waals surface area contributed by atoms with E-state index in [4.69, 9.17) is 4.74 Å². The molecular formula is C9H13N3O2. The molecule has 1 aliphatic rings. The molecule has 76 valence electrons. The molecule has 0 aliphatic carbocycles. The van der Waals surface area contributed by atoms with Crippen LogP contribution in [-0.2, 0) is 4.74 Å². The standard InChI is InChI=1S/C9H13N3O2/c1-7-9(11-13)12(6-10-7)8-2-4-14-5-3-8/h6,8H,2-5H2,1H3. The number of rotatable bonds is 2. The zero-order valence-corrected chi connectivity index (χ0v) is 8.14. The quantitative estimate of drug-likeness (QED) is 0.677. The van der Waals surface area contributed by atoms with Crippen LogP contribution in [0.1, 0.15) is 24.6 Å². The van der Waals surface area contributed by atoms with Gasteiger partial charge in [-0.3, -0.25) is 0 Å². The highest BCUT2D eigenvalue weighted by molar-refractivity contribution is 5.34. The van der Waals surface area contributed by atoms with Crippen molar-refractivity contribution in [2.45, 2.75) is 25.8 Å². The lowest BCUT2D eigenvalue weighted by molar-refractivity contribution is 0.0699. The van der Waals surface area contributed by atoms with Gasteiger partial charge in [0.25, 0.3) is 0 Å². The van der Waals surface area contributed by atoms with E-state index in [2.05, 4.69) is 10.2 Å². The van der Waals surface area contributed by atoms with Gasteiger partial charge < -0.3 is 9.30 Å². The molecule has 0 atom stereocenters. The molecule has 0 amide bonds. The first kappa shape index (κ1) is 9.33. The molecule has 14 heavy (non-hydrogen) atoms. The van der Waals surface area contributed by atoms with E-state index in [0.29, 0.717) is 17.6 Å². The molecule has 0 aromatic carbocycles. The van der Waals surface area contributed by atoms with Crippen molar-refractivity contribution in [1.29, 1.82) is 0 Å². The van der Waals surface area contributed by atoms with Gasteiger partial charge in [-0.25, -0.2) is 4.98 Å². The van der Waals surface area contributed by atoms with Crippen LogP contribution in [0.15, 0.2) is 11.5 Å². The lowest BCUT2D eigenvalue weighted by Crippen LogP contribution is -2.18.